The summed E-state index contributed by atoms with van der Waals surface area (Å²) in [7, 11) is -3.77. The van der Waals surface area contributed by atoms with Crippen molar-refractivity contribution in [2.75, 3.05) is 0 Å². The summed E-state index contributed by atoms with van der Waals surface area (Å²) >= 11 is 0. The van der Waals surface area contributed by atoms with Gasteiger partial charge in [0.1, 0.15) is 11.5 Å². The second-order valence-corrected chi connectivity index (χ2v) is 5.28. The molecule has 0 bridgehead atoms. The normalized spacial score (nSPS) is 11.7. The molecule has 1 aromatic heterocycles. The number of nitrogens with zero attached hydrogens (tertiary/aromatic N) is 1. The van der Waals surface area contributed by atoms with Crippen molar-refractivity contribution >= 4 is 10.0 Å². The van der Waals surface area contributed by atoms with Crippen LogP contribution >= 0.6 is 0 Å². The lowest BCUT2D eigenvalue weighted by molar-refractivity contribution is 0.398. The first-order chi connectivity index (χ1) is 7.91. The summed E-state index contributed by atoms with van der Waals surface area (Å²) in [6.45, 7) is 3.59. The molecule has 17 heavy (non-hydrogen) atoms. The van der Waals surface area contributed by atoms with Crippen LogP contribution in [0, 0.1) is 13.8 Å². The van der Waals surface area contributed by atoms with Crippen LogP contribution in [0.25, 0.3) is 11.3 Å². The van der Waals surface area contributed by atoms with Gasteiger partial charge in [-0.25, -0.2) is 13.6 Å². The summed E-state index contributed by atoms with van der Waals surface area (Å²) in [5.41, 5.74) is 1.78. The van der Waals surface area contributed by atoms with Gasteiger partial charge >= 0.3 is 0 Å². The summed E-state index contributed by atoms with van der Waals surface area (Å²) in [6.07, 6.45) is 0. The fourth-order valence-electron chi connectivity index (χ4n) is 1.58. The van der Waals surface area contributed by atoms with Crippen LogP contribution in [0.1, 0.15) is 11.3 Å². The number of hydrogen-bond acceptors (Lipinski definition) is 4. The van der Waals surface area contributed by atoms with E-state index in [1.165, 1.54) is 6.07 Å². The van der Waals surface area contributed by atoms with Crippen LogP contribution in [-0.4, -0.2) is 13.6 Å². The minimum absolute atomic E-state index is 0.0522. The Morgan fingerprint density at radius 3 is 2.41 bits per heavy atom. The molecule has 2 aromatic rings. The fourth-order valence-corrected chi connectivity index (χ4v) is 2.32. The Morgan fingerprint density at radius 2 is 1.88 bits per heavy atom. The number of rotatable bonds is 2. The van der Waals surface area contributed by atoms with Gasteiger partial charge in [-0.05, 0) is 19.9 Å². The minimum atomic E-state index is -3.77. The lowest BCUT2D eigenvalue weighted by atomic mass is 10.1. The van der Waals surface area contributed by atoms with E-state index in [1.807, 2.05) is 6.92 Å². The van der Waals surface area contributed by atoms with Crippen molar-refractivity contribution in [2.45, 2.75) is 18.7 Å². The van der Waals surface area contributed by atoms with Gasteiger partial charge in [-0.2, -0.15) is 0 Å². The van der Waals surface area contributed by atoms with Crippen LogP contribution in [0.2, 0.25) is 0 Å². The molecule has 2 N–H and O–H groups in total. The number of hydrogen-bond donors (Lipinski definition) is 1. The molecule has 0 saturated carbocycles. The molecule has 6 heteroatoms. The van der Waals surface area contributed by atoms with E-state index in [9.17, 15) is 8.42 Å². The highest BCUT2D eigenvalue weighted by Crippen LogP contribution is 2.29. The van der Waals surface area contributed by atoms with E-state index < -0.39 is 10.0 Å². The van der Waals surface area contributed by atoms with Gasteiger partial charge in [-0.15, -0.1) is 0 Å². The first kappa shape index (κ1) is 11.8. The first-order valence-electron chi connectivity index (χ1n) is 4.96. The standard InChI is InChI=1S/C11H12N2O3S/c1-7-8(2)16-13-11(7)9-5-3-4-6-10(9)17(12,14)15/h3-6H,1-2H3,(H2,12,14,15). The van der Waals surface area contributed by atoms with E-state index in [4.69, 9.17) is 9.66 Å². The molecule has 0 saturated heterocycles. The first-order valence-corrected chi connectivity index (χ1v) is 6.51. The molecular formula is C11H12N2O3S. The molecular weight excluding hydrogens is 240 g/mol. The van der Waals surface area contributed by atoms with Crippen molar-refractivity contribution in [3.63, 3.8) is 0 Å². The monoisotopic (exact) mass is 252 g/mol. The number of primary sulfonamides is 1. The van der Waals surface area contributed by atoms with Gasteiger partial charge in [0, 0.05) is 11.1 Å². The molecule has 0 fully saturated rings. The molecule has 1 aromatic carbocycles. The molecule has 90 valence electrons. The maximum atomic E-state index is 11.5. The van der Waals surface area contributed by atoms with E-state index in [1.54, 1.807) is 25.1 Å². The maximum absolute atomic E-state index is 11.5. The Hall–Kier alpha value is -1.66. The SMILES string of the molecule is Cc1onc(-c2ccccc2S(N)(=O)=O)c1C. The van der Waals surface area contributed by atoms with Gasteiger partial charge in [-0.3, -0.25) is 0 Å². The highest BCUT2D eigenvalue weighted by molar-refractivity contribution is 7.89. The van der Waals surface area contributed by atoms with E-state index in [0.29, 0.717) is 17.0 Å². The van der Waals surface area contributed by atoms with Crippen molar-refractivity contribution in [2.24, 2.45) is 5.14 Å². The zero-order chi connectivity index (χ0) is 12.6. The Kier molecular flexibility index (Phi) is 2.76. The van der Waals surface area contributed by atoms with E-state index >= 15 is 0 Å². The second kappa shape index (κ2) is 3.97. The smallest absolute Gasteiger partial charge is 0.238 e. The summed E-state index contributed by atoms with van der Waals surface area (Å²) in [5.74, 6) is 0.657. The number of aromatic nitrogens is 1. The number of aryl methyl sites for hydroxylation is 1. The Labute approximate surface area is 99.3 Å². The second-order valence-electron chi connectivity index (χ2n) is 3.75. The Balaban J connectivity index is 2.73. The molecule has 1 heterocycles. The molecule has 2 rings (SSSR count). The lowest BCUT2D eigenvalue weighted by Gasteiger charge is -2.04. The van der Waals surface area contributed by atoms with E-state index in [-0.39, 0.29) is 4.90 Å². The van der Waals surface area contributed by atoms with Gasteiger partial charge in [0.05, 0.1) is 4.90 Å². The molecule has 0 radical (unpaired) electrons. The van der Waals surface area contributed by atoms with Crippen LogP contribution in [0.3, 0.4) is 0 Å². The Bertz CT molecular complexity index is 659. The zero-order valence-corrected chi connectivity index (χ0v) is 10.3. The van der Waals surface area contributed by atoms with Crippen molar-refractivity contribution in [1.29, 1.82) is 0 Å². The Morgan fingerprint density at radius 1 is 1.24 bits per heavy atom. The van der Waals surface area contributed by atoms with Crippen molar-refractivity contribution < 1.29 is 12.9 Å². The lowest BCUT2D eigenvalue weighted by Crippen LogP contribution is -2.13. The average molecular weight is 252 g/mol. The minimum Gasteiger partial charge on any atom is -0.361 e. The van der Waals surface area contributed by atoms with Crippen LogP contribution in [0.15, 0.2) is 33.7 Å². The summed E-state index contributed by atoms with van der Waals surface area (Å²) < 4.78 is 28.0. The topological polar surface area (TPSA) is 86.2 Å². The molecule has 0 aliphatic carbocycles. The molecule has 0 amide bonds. The van der Waals surface area contributed by atoms with Crippen molar-refractivity contribution in [3.05, 3.63) is 35.6 Å². The molecule has 0 unspecified atom stereocenters. The van der Waals surface area contributed by atoms with E-state index in [2.05, 4.69) is 5.16 Å². The van der Waals surface area contributed by atoms with Gasteiger partial charge in [0.2, 0.25) is 10.0 Å². The third kappa shape index (κ3) is 2.09. The van der Waals surface area contributed by atoms with E-state index in [0.717, 1.165) is 5.56 Å². The summed E-state index contributed by atoms with van der Waals surface area (Å²) in [5, 5.41) is 9.03. The fraction of sp³-hybridized carbons (Fsp3) is 0.182. The molecule has 0 spiro atoms. The third-order valence-corrected chi connectivity index (χ3v) is 3.57. The van der Waals surface area contributed by atoms with Gasteiger partial charge in [-0.1, -0.05) is 23.4 Å². The molecule has 0 aliphatic heterocycles. The largest absolute Gasteiger partial charge is 0.361 e. The predicted molar refractivity (Wildman–Crippen MR) is 62.8 cm³/mol. The quantitative estimate of drug-likeness (QED) is 0.879. The summed E-state index contributed by atoms with van der Waals surface area (Å²) in [4.78, 5) is 0.0522. The van der Waals surface area contributed by atoms with Gasteiger partial charge in [0.15, 0.2) is 0 Å². The zero-order valence-electron chi connectivity index (χ0n) is 9.47. The van der Waals surface area contributed by atoms with Crippen LogP contribution in [0.5, 0.6) is 0 Å². The highest BCUT2D eigenvalue weighted by atomic mass is 32.2. The van der Waals surface area contributed by atoms with Crippen LogP contribution in [0.4, 0.5) is 0 Å². The van der Waals surface area contributed by atoms with Crippen molar-refractivity contribution in [3.8, 4) is 11.3 Å². The maximum Gasteiger partial charge on any atom is 0.238 e. The van der Waals surface area contributed by atoms with Crippen molar-refractivity contribution in [1.82, 2.24) is 5.16 Å². The van der Waals surface area contributed by atoms with Gasteiger partial charge < -0.3 is 4.52 Å². The predicted octanol–water partition coefficient (Wildman–Crippen LogP) is 1.61. The average Bonchev–Trinajstić information content (AvgIpc) is 2.59. The molecule has 0 atom stereocenters. The molecule has 5 nitrogen and oxygen atoms in total. The summed E-state index contributed by atoms with van der Waals surface area (Å²) in [6, 6.07) is 6.46. The van der Waals surface area contributed by atoms with Crippen LogP contribution < -0.4 is 5.14 Å². The molecule has 0 aliphatic rings. The van der Waals surface area contributed by atoms with Crippen LogP contribution in [-0.2, 0) is 10.0 Å². The third-order valence-electron chi connectivity index (χ3n) is 2.61. The number of nitrogens with two attached hydrogens (primary N) is 1. The highest BCUT2D eigenvalue weighted by Gasteiger charge is 2.19. The number of benzene rings is 1. The van der Waals surface area contributed by atoms with Gasteiger partial charge in [0.25, 0.3) is 0 Å². The number of sulfonamides is 1.